The van der Waals surface area contributed by atoms with E-state index in [0.717, 1.165) is 0 Å². The minimum absolute atomic E-state index is 0.0312. The SMILES string of the molecule is CC.CC(=O)NC(CO)c1ccc(F)c(Cl)c1. The van der Waals surface area contributed by atoms with Crippen LogP contribution in [0.5, 0.6) is 0 Å². The zero-order valence-corrected chi connectivity index (χ0v) is 10.9. The molecule has 2 N–H and O–H groups in total. The van der Waals surface area contributed by atoms with Gasteiger partial charge in [0.05, 0.1) is 17.7 Å². The first-order chi connectivity index (χ1) is 8.04. The smallest absolute Gasteiger partial charge is 0.217 e. The van der Waals surface area contributed by atoms with Crippen LogP contribution in [-0.2, 0) is 4.79 Å². The van der Waals surface area contributed by atoms with E-state index in [1.807, 2.05) is 13.8 Å². The summed E-state index contributed by atoms with van der Waals surface area (Å²) in [6.45, 7) is 5.08. The van der Waals surface area contributed by atoms with Gasteiger partial charge in [0.25, 0.3) is 0 Å². The fourth-order valence-electron chi connectivity index (χ4n) is 1.21. The van der Waals surface area contributed by atoms with Crippen molar-refractivity contribution < 1.29 is 14.3 Å². The number of nitrogens with one attached hydrogen (secondary N) is 1. The fraction of sp³-hybridized carbons (Fsp3) is 0.417. The molecule has 0 saturated heterocycles. The molecule has 17 heavy (non-hydrogen) atoms. The highest BCUT2D eigenvalue weighted by atomic mass is 35.5. The molecule has 0 spiro atoms. The van der Waals surface area contributed by atoms with E-state index in [1.54, 1.807) is 0 Å². The maximum Gasteiger partial charge on any atom is 0.217 e. The van der Waals surface area contributed by atoms with Crippen molar-refractivity contribution in [3.05, 3.63) is 34.6 Å². The Morgan fingerprint density at radius 3 is 2.53 bits per heavy atom. The molecule has 1 unspecified atom stereocenters. The molecule has 0 fully saturated rings. The van der Waals surface area contributed by atoms with Crippen molar-refractivity contribution in [1.29, 1.82) is 0 Å². The van der Waals surface area contributed by atoms with Gasteiger partial charge in [0, 0.05) is 6.92 Å². The first-order valence-corrected chi connectivity index (χ1v) is 5.75. The van der Waals surface area contributed by atoms with Gasteiger partial charge in [-0.25, -0.2) is 4.39 Å². The maximum absolute atomic E-state index is 12.8. The Morgan fingerprint density at radius 2 is 2.12 bits per heavy atom. The van der Waals surface area contributed by atoms with E-state index < -0.39 is 11.9 Å². The van der Waals surface area contributed by atoms with Crippen molar-refractivity contribution in [2.75, 3.05) is 6.61 Å². The topological polar surface area (TPSA) is 49.3 Å². The third kappa shape index (κ3) is 5.15. The summed E-state index contributed by atoms with van der Waals surface area (Å²) in [5, 5.41) is 11.5. The molecule has 96 valence electrons. The van der Waals surface area contributed by atoms with Crippen molar-refractivity contribution >= 4 is 17.5 Å². The summed E-state index contributed by atoms with van der Waals surface area (Å²) < 4.78 is 12.8. The van der Waals surface area contributed by atoms with Gasteiger partial charge in [0.15, 0.2) is 0 Å². The van der Waals surface area contributed by atoms with E-state index in [0.29, 0.717) is 5.56 Å². The third-order valence-electron chi connectivity index (χ3n) is 1.91. The van der Waals surface area contributed by atoms with Crippen LogP contribution in [0.25, 0.3) is 0 Å². The van der Waals surface area contributed by atoms with Gasteiger partial charge in [-0.05, 0) is 17.7 Å². The number of benzene rings is 1. The number of aliphatic hydroxyl groups excluding tert-OH is 1. The molecule has 1 amide bonds. The Kier molecular flexibility index (Phi) is 7.50. The second-order valence-electron chi connectivity index (χ2n) is 3.11. The lowest BCUT2D eigenvalue weighted by Crippen LogP contribution is -2.28. The quantitative estimate of drug-likeness (QED) is 0.879. The highest BCUT2D eigenvalue weighted by Crippen LogP contribution is 2.20. The van der Waals surface area contributed by atoms with Crippen LogP contribution in [0.2, 0.25) is 5.02 Å². The molecule has 0 aliphatic carbocycles. The Labute approximate surface area is 106 Å². The zero-order chi connectivity index (χ0) is 13.4. The van der Waals surface area contributed by atoms with E-state index in [2.05, 4.69) is 5.32 Å². The van der Waals surface area contributed by atoms with Gasteiger partial charge in [-0.15, -0.1) is 0 Å². The van der Waals surface area contributed by atoms with Gasteiger partial charge in [-0.3, -0.25) is 4.79 Å². The average molecular weight is 262 g/mol. The molecule has 3 nitrogen and oxygen atoms in total. The highest BCUT2D eigenvalue weighted by molar-refractivity contribution is 6.30. The van der Waals surface area contributed by atoms with E-state index in [9.17, 15) is 9.18 Å². The van der Waals surface area contributed by atoms with Gasteiger partial charge >= 0.3 is 0 Å². The lowest BCUT2D eigenvalue weighted by molar-refractivity contribution is -0.120. The zero-order valence-electron chi connectivity index (χ0n) is 10.1. The molecule has 0 bridgehead atoms. The molecule has 0 saturated carbocycles. The van der Waals surface area contributed by atoms with E-state index in [4.69, 9.17) is 16.7 Å². The Balaban J connectivity index is 0.00000121. The van der Waals surface area contributed by atoms with Crippen molar-refractivity contribution in [3.8, 4) is 0 Å². The molecule has 1 atom stereocenters. The number of amides is 1. The lowest BCUT2D eigenvalue weighted by atomic mass is 10.1. The maximum atomic E-state index is 12.8. The molecule has 0 aromatic heterocycles. The van der Waals surface area contributed by atoms with Gasteiger partial charge in [0.1, 0.15) is 5.82 Å². The monoisotopic (exact) mass is 261 g/mol. The minimum atomic E-state index is -0.555. The molecule has 1 rings (SSSR count). The highest BCUT2D eigenvalue weighted by Gasteiger charge is 2.12. The van der Waals surface area contributed by atoms with Crippen LogP contribution in [0.3, 0.4) is 0 Å². The fourth-order valence-corrected chi connectivity index (χ4v) is 1.40. The number of hydrogen-bond acceptors (Lipinski definition) is 2. The van der Waals surface area contributed by atoms with Gasteiger partial charge < -0.3 is 10.4 Å². The molecular formula is C12H17ClFNO2. The van der Waals surface area contributed by atoms with E-state index >= 15 is 0 Å². The number of aliphatic hydroxyl groups is 1. The summed E-state index contributed by atoms with van der Waals surface area (Å²) in [6, 6.07) is 3.49. The van der Waals surface area contributed by atoms with Gasteiger partial charge in [0.2, 0.25) is 5.91 Å². The van der Waals surface area contributed by atoms with Crippen LogP contribution in [0.4, 0.5) is 4.39 Å². The first-order valence-electron chi connectivity index (χ1n) is 5.37. The summed E-state index contributed by atoms with van der Waals surface area (Å²) in [4.78, 5) is 10.8. The van der Waals surface area contributed by atoms with Crippen LogP contribution < -0.4 is 5.32 Å². The molecule has 0 heterocycles. The molecule has 0 aliphatic heterocycles. The van der Waals surface area contributed by atoms with E-state index in [-0.39, 0.29) is 17.5 Å². The molecule has 5 heteroatoms. The Morgan fingerprint density at radius 1 is 1.53 bits per heavy atom. The predicted octanol–water partition coefficient (Wildman–Crippen LogP) is 2.67. The number of carbonyl (C=O) groups excluding carboxylic acids is 1. The van der Waals surface area contributed by atoms with Crippen LogP contribution in [-0.4, -0.2) is 17.6 Å². The van der Waals surface area contributed by atoms with Crippen LogP contribution in [0.1, 0.15) is 32.4 Å². The Hall–Kier alpha value is -1.13. The second kappa shape index (κ2) is 8.03. The summed E-state index contributed by atoms with van der Waals surface area (Å²) in [6.07, 6.45) is 0. The molecular weight excluding hydrogens is 245 g/mol. The lowest BCUT2D eigenvalue weighted by Gasteiger charge is -2.15. The summed E-state index contributed by atoms with van der Waals surface area (Å²) >= 11 is 5.58. The largest absolute Gasteiger partial charge is 0.394 e. The average Bonchev–Trinajstić information content (AvgIpc) is 2.32. The van der Waals surface area contributed by atoms with Crippen molar-refractivity contribution in [2.45, 2.75) is 26.8 Å². The third-order valence-corrected chi connectivity index (χ3v) is 2.20. The van der Waals surface area contributed by atoms with Crippen LogP contribution in [0, 0.1) is 5.82 Å². The standard InChI is InChI=1S/C10H11ClFNO2.C2H6/c1-6(15)13-10(5-14)7-2-3-9(12)8(11)4-7;1-2/h2-4,10,14H,5H2,1H3,(H,13,15);1-2H3. The second-order valence-corrected chi connectivity index (χ2v) is 3.52. The molecule has 1 aromatic carbocycles. The normalized spacial score (nSPS) is 11.2. The number of hydrogen-bond donors (Lipinski definition) is 2. The summed E-state index contributed by atoms with van der Waals surface area (Å²) in [7, 11) is 0. The van der Waals surface area contributed by atoms with Crippen molar-refractivity contribution in [1.82, 2.24) is 5.32 Å². The summed E-state index contributed by atoms with van der Waals surface area (Å²) in [5.41, 5.74) is 0.569. The predicted molar refractivity (Wildman–Crippen MR) is 66.4 cm³/mol. The number of carbonyl (C=O) groups is 1. The molecule has 0 radical (unpaired) electrons. The number of rotatable bonds is 3. The van der Waals surface area contributed by atoms with Crippen LogP contribution in [0.15, 0.2) is 18.2 Å². The Bertz CT molecular complexity index is 372. The summed E-state index contributed by atoms with van der Waals surface area (Å²) in [5.74, 6) is -0.797. The van der Waals surface area contributed by atoms with Crippen molar-refractivity contribution in [3.63, 3.8) is 0 Å². The first kappa shape index (κ1) is 15.9. The molecule has 0 aliphatic rings. The van der Waals surface area contributed by atoms with E-state index in [1.165, 1.54) is 25.1 Å². The van der Waals surface area contributed by atoms with Crippen LogP contribution >= 0.6 is 11.6 Å². The van der Waals surface area contributed by atoms with Crippen molar-refractivity contribution in [2.24, 2.45) is 0 Å². The molecule has 1 aromatic rings. The van der Waals surface area contributed by atoms with Gasteiger partial charge in [-0.1, -0.05) is 31.5 Å². The minimum Gasteiger partial charge on any atom is -0.394 e. The number of halogens is 2. The van der Waals surface area contributed by atoms with Gasteiger partial charge in [-0.2, -0.15) is 0 Å².